The minimum atomic E-state index is 0.498. The van der Waals surface area contributed by atoms with Crippen molar-refractivity contribution in [3.63, 3.8) is 0 Å². The van der Waals surface area contributed by atoms with Crippen LogP contribution in [0.5, 0.6) is 0 Å². The van der Waals surface area contributed by atoms with Gasteiger partial charge in [0.15, 0.2) is 0 Å². The van der Waals surface area contributed by atoms with Gasteiger partial charge in [-0.15, -0.1) is 0 Å². The lowest BCUT2D eigenvalue weighted by atomic mass is 10.1. The lowest BCUT2D eigenvalue weighted by Gasteiger charge is -2.03. The lowest BCUT2D eigenvalue weighted by molar-refractivity contribution is 0.193. The zero-order valence-corrected chi connectivity index (χ0v) is 6.23. The molecule has 0 aliphatic carbocycles. The molecule has 0 bridgehead atoms. The Kier molecular flexibility index (Phi) is 1.81. The van der Waals surface area contributed by atoms with Gasteiger partial charge in [-0.25, -0.2) is 9.97 Å². The molecule has 3 heteroatoms. The van der Waals surface area contributed by atoms with Crippen LogP contribution in [0.15, 0.2) is 18.6 Å². The van der Waals surface area contributed by atoms with E-state index in [1.165, 1.54) is 0 Å². The molecule has 1 saturated heterocycles. The Morgan fingerprint density at radius 1 is 1.55 bits per heavy atom. The first-order valence-electron chi connectivity index (χ1n) is 3.80. The van der Waals surface area contributed by atoms with Gasteiger partial charge in [-0.3, -0.25) is 0 Å². The number of hydrogen-bond acceptors (Lipinski definition) is 3. The Morgan fingerprint density at radius 2 is 2.55 bits per heavy atom. The molecule has 1 fully saturated rings. The summed E-state index contributed by atoms with van der Waals surface area (Å²) in [5.41, 5.74) is 1.11. The van der Waals surface area contributed by atoms with Gasteiger partial charge in [-0.1, -0.05) is 0 Å². The van der Waals surface area contributed by atoms with Crippen molar-refractivity contribution < 1.29 is 4.74 Å². The second kappa shape index (κ2) is 2.96. The summed E-state index contributed by atoms with van der Waals surface area (Å²) >= 11 is 0. The largest absolute Gasteiger partial charge is 0.381 e. The van der Waals surface area contributed by atoms with E-state index in [9.17, 15) is 0 Å². The fourth-order valence-electron chi connectivity index (χ4n) is 1.31. The van der Waals surface area contributed by atoms with Gasteiger partial charge in [0, 0.05) is 24.4 Å². The van der Waals surface area contributed by atoms with Gasteiger partial charge in [0.25, 0.3) is 0 Å². The highest BCUT2D eigenvalue weighted by Crippen LogP contribution is 2.22. The van der Waals surface area contributed by atoms with Crippen molar-refractivity contribution in [1.29, 1.82) is 0 Å². The van der Waals surface area contributed by atoms with Crippen LogP contribution in [0.2, 0.25) is 0 Å². The number of aromatic nitrogens is 2. The summed E-state index contributed by atoms with van der Waals surface area (Å²) in [4.78, 5) is 8.03. The van der Waals surface area contributed by atoms with Crippen LogP contribution in [0.25, 0.3) is 0 Å². The third-order valence-corrected chi connectivity index (χ3v) is 1.95. The fourth-order valence-corrected chi connectivity index (χ4v) is 1.31. The van der Waals surface area contributed by atoms with Crippen molar-refractivity contribution in [3.8, 4) is 0 Å². The van der Waals surface area contributed by atoms with Crippen LogP contribution in [0, 0.1) is 0 Å². The molecule has 58 valence electrons. The van der Waals surface area contributed by atoms with Gasteiger partial charge >= 0.3 is 0 Å². The van der Waals surface area contributed by atoms with Gasteiger partial charge in [0.05, 0.1) is 6.61 Å². The van der Waals surface area contributed by atoms with E-state index in [4.69, 9.17) is 4.74 Å². The van der Waals surface area contributed by atoms with E-state index in [0.717, 1.165) is 25.3 Å². The van der Waals surface area contributed by atoms with Gasteiger partial charge in [0.2, 0.25) is 0 Å². The molecule has 2 rings (SSSR count). The quantitative estimate of drug-likeness (QED) is 0.598. The summed E-state index contributed by atoms with van der Waals surface area (Å²) in [7, 11) is 0. The van der Waals surface area contributed by atoms with Gasteiger partial charge in [-0.05, 0) is 12.5 Å². The first kappa shape index (κ1) is 6.73. The van der Waals surface area contributed by atoms with E-state index in [1.54, 1.807) is 12.5 Å². The zero-order chi connectivity index (χ0) is 7.52. The molecule has 0 aromatic carbocycles. The van der Waals surface area contributed by atoms with Crippen molar-refractivity contribution >= 4 is 0 Å². The Hall–Kier alpha value is -0.960. The van der Waals surface area contributed by atoms with Crippen molar-refractivity contribution in [3.05, 3.63) is 24.3 Å². The molecule has 1 aromatic rings. The normalized spacial score (nSPS) is 23.8. The van der Waals surface area contributed by atoms with Crippen molar-refractivity contribution in [1.82, 2.24) is 9.97 Å². The van der Waals surface area contributed by atoms with Gasteiger partial charge in [-0.2, -0.15) is 0 Å². The first-order valence-corrected chi connectivity index (χ1v) is 3.80. The molecule has 1 atom stereocenters. The average Bonchev–Trinajstić information content (AvgIpc) is 2.58. The molecule has 0 radical (unpaired) electrons. The minimum Gasteiger partial charge on any atom is -0.381 e. The number of ether oxygens (including phenoxy) is 1. The standard InChI is InChI=1S/C8H10N2O/c1-3-9-6-10-8(1)7-2-4-11-5-7/h1,3,6-7H,2,4-5H2. The van der Waals surface area contributed by atoms with Crippen LogP contribution in [0.4, 0.5) is 0 Å². The van der Waals surface area contributed by atoms with Crippen LogP contribution in [-0.4, -0.2) is 23.2 Å². The van der Waals surface area contributed by atoms with Crippen LogP contribution in [-0.2, 0) is 4.74 Å². The molecule has 1 unspecified atom stereocenters. The van der Waals surface area contributed by atoms with E-state index in [0.29, 0.717) is 5.92 Å². The summed E-state index contributed by atoms with van der Waals surface area (Å²) < 4.78 is 5.25. The second-order valence-corrected chi connectivity index (χ2v) is 2.69. The number of rotatable bonds is 1. The topological polar surface area (TPSA) is 35.0 Å². The number of hydrogen-bond donors (Lipinski definition) is 0. The average molecular weight is 150 g/mol. The number of nitrogens with zero attached hydrogens (tertiary/aromatic N) is 2. The van der Waals surface area contributed by atoms with Crippen LogP contribution >= 0.6 is 0 Å². The Labute approximate surface area is 65.4 Å². The summed E-state index contributed by atoms with van der Waals surface area (Å²) in [6.07, 6.45) is 4.46. The maximum absolute atomic E-state index is 5.25. The van der Waals surface area contributed by atoms with E-state index in [1.807, 2.05) is 6.07 Å². The maximum atomic E-state index is 5.25. The van der Waals surface area contributed by atoms with E-state index in [2.05, 4.69) is 9.97 Å². The molecule has 1 aromatic heterocycles. The SMILES string of the molecule is c1cc(C2CCOC2)ncn1. The highest BCUT2D eigenvalue weighted by molar-refractivity contribution is 5.06. The van der Waals surface area contributed by atoms with Crippen molar-refractivity contribution in [2.45, 2.75) is 12.3 Å². The van der Waals surface area contributed by atoms with Crippen LogP contribution in [0.1, 0.15) is 18.0 Å². The monoisotopic (exact) mass is 150 g/mol. The van der Waals surface area contributed by atoms with Gasteiger partial charge < -0.3 is 4.74 Å². The molecular weight excluding hydrogens is 140 g/mol. The summed E-state index contributed by atoms with van der Waals surface area (Å²) in [6, 6.07) is 1.96. The Morgan fingerprint density at radius 3 is 3.18 bits per heavy atom. The predicted octanol–water partition coefficient (Wildman–Crippen LogP) is 0.980. The predicted molar refractivity (Wildman–Crippen MR) is 40.2 cm³/mol. The molecule has 0 N–H and O–H groups in total. The van der Waals surface area contributed by atoms with E-state index >= 15 is 0 Å². The summed E-state index contributed by atoms with van der Waals surface area (Å²) in [6.45, 7) is 1.69. The Bertz CT molecular complexity index is 219. The molecule has 0 saturated carbocycles. The molecule has 0 amide bonds. The zero-order valence-electron chi connectivity index (χ0n) is 6.23. The molecule has 1 aliphatic heterocycles. The van der Waals surface area contributed by atoms with E-state index in [-0.39, 0.29) is 0 Å². The molecule has 0 spiro atoms. The molecular formula is C8H10N2O. The van der Waals surface area contributed by atoms with Crippen LogP contribution in [0.3, 0.4) is 0 Å². The Balaban J connectivity index is 2.16. The molecule has 11 heavy (non-hydrogen) atoms. The highest BCUT2D eigenvalue weighted by Gasteiger charge is 2.18. The molecule has 3 nitrogen and oxygen atoms in total. The van der Waals surface area contributed by atoms with Gasteiger partial charge in [0.1, 0.15) is 6.33 Å². The van der Waals surface area contributed by atoms with Crippen molar-refractivity contribution in [2.75, 3.05) is 13.2 Å². The lowest BCUT2D eigenvalue weighted by Crippen LogP contribution is -1.99. The maximum Gasteiger partial charge on any atom is 0.115 e. The first-order chi connectivity index (χ1) is 5.47. The smallest absolute Gasteiger partial charge is 0.115 e. The fraction of sp³-hybridized carbons (Fsp3) is 0.500. The summed E-state index contributed by atoms with van der Waals surface area (Å²) in [5, 5.41) is 0. The second-order valence-electron chi connectivity index (χ2n) is 2.69. The third kappa shape index (κ3) is 1.38. The molecule has 2 heterocycles. The van der Waals surface area contributed by atoms with Crippen LogP contribution < -0.4 is 0 Å². The highest BCUT2D eigenvalue weighted by atomic mass is 16.5. The van der Waals surface area contributed by atoms with Crippen molar-refractivity contribution in [2.24, 2.45) is 0 Å². The third-order valence-electron chi connectivity index (χ3n) is 1.95. The molecule has 1 aliphatic rings. The minimum absolute atomic E-state index is 0.498. The summed E-state index contributed by atoms with van der Waals surface area (Å²) in [5.74, 6) is 0.498. The van der Waals surface area contributed by atoms with E-state index < -0.39 is 0 Å².